The minimum atomic E-state index is -5.09. The molecule has 0 radical (unpaired) electrons. The van der Waals surface area contributed by atoms with Gasteiger partial charge in [-0.3, -0.25) is 28.8 Å². The zero-order valence-electron chi connectivity index (χ0n) is 19.5. The highest BCUT2D eigenvalue weighted by atomic mass is 32.2. The lowest BCUT2D eigenvalue weighted by atomic mass is 10.1. The molecule has 4 N–H and O–H groups in total. The van der Waals surface area contributed by atoms with Crippen molar-refractivity contribution < 1.29 is 40.5 Å². The van der Waals surface area contributed by atoms with Crippen molar-refractivity contribution in [2.75, 3.05) is 10.6 Å². The SMILES string of the molecule is Nc1cccc(C(=O)N(C(=O)c2cccc([N+](=O)[O-])c2)c2cc(S(=O)(=O)O)c3cccc(S(=O)(=O)O)c3c2)c1. The molecule has 0 fully saturated rings. The second kappa shape index (κ2) is 9.88. The van der Waals surface area contributed by atoms with Crippen LogP contribution in [0.5, 0.6) is 0 Å². The average molecular weight is 572 g/mol. The van der Waals surface area contributed by atoms with E-state index < -0.39 is 63.5 Å². The Labute approximate surface area is 220 Å². The third-order valence-electron chi connectivity index (χ3n) is 5.56. The van der Waals surface area contributed by atoms with Crippen LogP contribution in [-0.4, -0.2) is 42.7 Å². The molecule has 4 rings (SSSR count). The van der Waals surface area contributed by atoms with Gasteiger partial charge in [-0.05, 0) is 42.5 Å². The van der Waals surface area contributed by atoms with Gasteiger partial charge in [0.25, 0.3) is 37.7 Å². The molecule has 0 saturated carbocycles. The van der Waals surface area contributed by atoms with Crippen LogP contribution >= 0.6 is 0 Å². The van der Waals surface area contributed by atoms with Gasteiger partial charge in [-0.1, -0.05) is 24.3 Å². The van der Waals surface area contributed by atoms with Gasteiger partial charge in [-0.25, -0.2) is 4.90 Å². The second-order valence-electron chi connectivity index (χ2n) is 8.12. The highest BCUT2D eigenvalue weighted by Gasteiger charge is 2.30. The molecule has 0 aromatic heterocycles. The fraction of sp³-hybridized carbons (Fsp3) is 0. The van der Waals surface area contributed by atoms with E-state index in [0.29, 0.717) is 4.90 Å². The van der Waals surface area contributed by atoms with E-state index in [0.717, 1.165) is 42.5 Å². The zero-order valence-corrected chi connectivity index (χ0v) is 21.1. The minimum Gasteiger partial charge on any atom is -0.399 e. The number of fused-ring (bicyclic) bond motifs is 1. The van der Waals surface area contributed by atoms with Crippen LogP contribution < -0.4 is 10.6 Å². The number of rotatable bonds is 6. The monoisotopic (exact) mass is 571 g/mol. The third kappa shape index (κ3) is 5.46. The van der Waals surface area contributed by atoms with Crippen LogP contribution in [0.15, 0.2) is 88.7 Å². The van der Waals surface area contributed by atoms with Crippen LogP contribution in [-0.2, 0) is 20.2 Å². The first kappa shape index (κ1) is 27.3. The number of hydrogen-bond acceptors (Lipinski definition) is 9. The molecular formula is C24H17N3O10S2. The molecular weight excluding hydrogens is 554 g/mol. The van der Waals surface area contributed by atoms with Crippen molar-refractivity contribution in [3.05, 3.63) is 100 Å². The molecule has 0 aliphatic carbocycles. The van der Waals surface area contributed by atoms with Gasteiger partial charge in [0.15, 0.2) is 0 Å². The molecule has 2 amide bonds. The van der Waals surface area contributed by atoms with Gasteiger partial charge in [0, 0.05) is 39.7 Å². The van der Waals surface area contributed by atoms with Crippen LogP contribution in [0.1, 0.15) is 20.7 Å². The van der Waals surface area contributed by atoms with Crippen LogP contribution in [0.4, 0.5) is 17.1 Å². The molecule has 39 heavy (non-hydrogen) atoms. The van der Waals surface area contributed by atoms with Crippen molar-refractivity contribution in [3.63, 3.8) is 0 Å². The summed E-state index contributed by atoms with van der Waals surface area (Å²) in [6.45, 7) is 0. The number of hydrogen-bond donors (Lipinski definition) is 3. The summed E-state index contributed by atoms with van der Waals surface area (Å²) in [7, 11) is -10.0. The van der Waals surface area contributed by atoms with Gasteiger partial charge in [0.05, 0.1) is 10.6 Å². The van der Waals surface area contributed by atoms with Gasteiger partial charge < -0.3 is 5.73 Å². The molecule has 4 aromatic rings. The van der Waals surface area contributed by atoms with Crippen molar-refractivity contribution in [2.45, 2.75) is 9.79 Å². The van der Waals surface area contributed by atoms with E-state index in [-0.39, 0.29) is 22.2 Å². The molecule has 0 heterocycles. The Morgan fingerprint density at radius 3 is 1.87 bits per heavy atom. The number of carbonyl (C=O) groups is 2. The lowest BCUT2D eigenvalue weighted by molar-refractivity contribution is -0.384. The van der Waals surface area contributed by atoms with Crippen LogP contribution in [0.25, 0.3) is 10.8 Å². The molecule has 0 saturated heterocycles. The molecule has 0 aliphatic heterocycles. The molecule has 4 aromatic carbocycles. The maximum atomic E-state index is 13.7. The van der Waals surface area contributed by atoms with E-state index in [9.17, 15) is 45.6 Å². The number of nitrogen functional groups attached to an aromatic ring is 1. The lowest BCUT2D eigenvalue weighted by Gasteiger charge is -2.23. The summed E-state index contributed by atoms with van der Waals surface area (Å²) < 4.78 is 68.3. The summed E-state index contributed by atoms with van der Waals surface area (Å²) >= 11 is 0. The molecule has 0 atom stereocenters. The number of carbonyl (C=O) groups excluding carboxylic acids is 2. The number of nitro groups is 1. The molecule has 0 aliphatic rings. The summed E-state index contributed by atoms with van der Waals surface area (Å²) in [5, 5.41) is 10.5. The van der Waals surface area contributed by atoms with E-state index in [2.05, 4.69) is 0 Å². The van der Waals surface area contributed by atoms with E-state index >= 15 is 0 Å². The number of anilines is 2. The first-order valence-corrected chi connectivity index (χ1v) is 13.6. The van der Waals surface area contributed by atoms with Gasteiger partial charge in [0.1, 0.15) is 9.79 Å². The summed E-state index contributed by atoms with van der Waals surface area (Å²) in [6.07, 6.45) is 0. The predicted molar refractivity (Wildman–Crippen MR) is 139 cm³/mol. The third-order valence-corrected chi connectivity index (χ3v) is 7.37. The maximum absolute atomic E-state index is 13.7. The highest BCUT2D eigenvalue weighted by molar-refractivity contribution is 7.86. The van der Waals surface area contributed by atoms with E-state index in [1.807, 2.05) is 0 Å². The lowest BCUT2D eigenvalue weighted by Crippen LogP contribution is -2.37. The number of nitrogens with two attached hydrogens (primary N) is 1. The fourth-order valence-electron chi connectivity index (χ4n) is 3.89. The van der Waals surface area contributed by atoms with Gasteiger partial charge in [-0.15, -0.1) is 0 Å². The Morgan fingerprint density at radius 1 is 0.744 bits per heavy atom. The standard InChI is InChI=1S/C24H17N3O10S2/c25-16-6-1-4-14(10-16)23(28)26(24(29)15-5-2-7-17(11-15)27(30)31)18-12-20-19(22(13-18)39(35,36)37)8-3-9-21(20)38(32,33)34/h1-13H,25H2,(H,32,33,34)(H,35,36,37). The van der Waals surface area contributed by atoms with Crippen LogP contribution in [0.3, 0.4) is 0 Å². The Hall–Kier alpha value is -4.70. The number of benzene rings is 4. The molecule has 0 spiro atoms. The first-order valence-electron chi connectivity index (χ1n) is 10.7. The largest absolute Gasteiger partial charge is 0.399 e. The van der Waals surface area contributed by atoms with Gasteiger partial charge in [0.2, 0.25) is 0 Å². The van der Waals surface area contributed by atoms with Gasteiger partial charge >= 0.3 is 0 Å². The van der Waals surface area contributed by atoms with Crippen molar-refractivity contribution in [2.24, 2.45) is 0 Å². The Morgan fingerprint density at radius 2 is 1.31 bits per heavy atom. The summed E-state index contributed by atoms with van der Waals surface area (Å²) in [6, 6.07) is 14.6. The number of amides is 2. The van der Waals surface area contributed by atoms with Crippen molar-refractivity contribution in [1.29, 1.82) is 0 Å². The molecule has 0 unspecified atom stereocenters. The number of nitro benzene ring substituents is 1. The van der Waals surface area contributed by atoms with E-state index in [1.165, 1.54) is 36.4 Å². The zero-order chi connectivity index (χ0) is 28.7. The second-order valence-corrected chi connectivity index (χ2v) is 10.9. The number of non-ortho nitro benzene ring substituents is 1. The highest BCUT2D eigenvalue weighted by Crippen LogP contribution is 2.35. The summed E-state index contributed by atoms with van der Waals surface area (Å²) in [5.41, 5.74) is 4.38. The van der Waals surface area contributed by atoms with Crippen molar-refractivity contribution in [1.82, 2.24) is 0 Å². The Balaban J connectivity index is 2.08. The first-order chi connectivity index (χ1) is 18.2. The normalized spacial score (nSPS) is 11.7. The number of nitrogens with zero attached hydrogens (tertiary/aromatic N) is 2. The topological polar surface area (TPSA) is 215 Å². The molecule has 13 nitrogen and oxygen atoms in total. The predicted octanol–water partition coefficient (Wildman–Crippen LogP) is 3.31. The summed E-state index contributed by atoms with van der Waals surface area (Å²) in [4.78, 5) is 36.6. The minimum absolute atomic E-state index is 0.134. The average Bonchev–Trinajstić information content (AvgIpc) is 2.86. The maximum Gasteiger partial charge on any atom is 0.295 e. The quantitative estimate of drug-likeness (QED) is 0.100. The Bertz CT molecular complexity index is 1900. The van der Waals surface area contributed by atoms with Gasteiger partial charge in [-0.2, -0.15) is 16.8 Å². The summed E-state index contributed by atoms with van der Waals surface area (Å²) in [5.74, 6) is -2.22. The van der Waals surface area contributed by atoms with Crippen LogP contribution in [0, 0.1) is 10.1 Å². The fourth-order valence-corrected chi connectivity index (χ4v) is 5.31. The van der Waals surface area contributed by atoms with E-state index in [4.69, 9.17) is 5.73 Å². The molecule has 15 heteroatoms. The van der Waals surface area contributed by atoms with Crippen molar-refractivity contribution >= 4 is 59.9 Å². The van der Waals surface area contributed by atoms with Crippen molar-refractivity contribution in [3.8, 4) is 0 Å². The number of imide groups is 1. The smallest absolute Gasteiger partial charge is 0.295 e. The Kier molecular flexibility index (Phi) is 6.93. The van der Waals surface area contributed by atoms with Crippen LogP contribution in [0.2, 0.25) is 0 Å². The molecule has 0 bridgehead atoms. The van der Waals surface area contributed by atoms with E-state index in [1.54, 1.807) is 0 Å². The molecule has 200 valence electrons.